The van der Waals surface area contributed by atoms with Crippen LogP contribution in [0.3, 0.4) is 0 Å². The molecular weight excluding hydrogens is 434 g/mol. The van der Waals surface area contributed by atoms with Gasteiger partial charge in [0.05, 0.1) is 12.3 Å². The monoisotopic (exact) mass is 463 g/mol. The van der Waals surface area contributed by atoms with Gasteiger partial charge in [0.25, 0.3) is 0 Å². The second-order valence-electron chi connectivity index (χ2n) is 7.97. The number of aromatic nitrogens is 2. The molecule has 0 saturated carbocycles. The van der Waals surface area contributed by atoms with Crippen LogP contribution < -0.4 is 16.2 Å². The van der Waals surface area contributed by atoms with Gasteiger partial charge in [-0.15, -0.1) is 11.3 Å². The third-order valence-electron chi connectivity index (χ3n) is 5.55. The van der Waals surface area contributed by atoms with E-state index in [9.17, 15) is 4.79 Å². The third kappa shape index (κ3) is 5.91. The smallest absolute Gasteiger partial charge is 0.207 e. The summed E-state index contributed by atoms with van der Waals surface area (Å²) in [5.74, 6) is 6.93. The maximum Gasteiger partial charge on any atom is 0.207 e. The molecule has 0 radical (unpaired) electrons. The minimum Gasteiger partial charge on any atom is -0.496 e. The number of carbonyl (C=O) groups is 1. The third-order valence-corrected chi connectivity index (χ3v) is 6.36. The van der Waals surface area contributed by atoms with E-state index in [4.69, 9.17) is 10.6 Å². The lowest BCUT2D eigenvalue weighted by atomic mass is 10.0. The largest absolute Gasteiger partial charge is 0.496 e. The number of ether oxygens (including phenoxy) is 1. The van der Waals surface area contributed by atoms with Crippen LogP contribution in [0.4, 0.5) is 5.13 Å². The number of hydrogen-bond donors (Lipinski definition) is 3. The number of thiazole rings is 1. The number of carbonyl (C=O) groups excluding carboxylic acids is 1. The first-order valence-electron chi connectivity index (χ1n) is 11.0. The van der Waals surface area contributed by atoms with Crippen LogP contribution in [0.15, 0.2) is 65.4 Å². The van der Waals surface area contributed by atoms with Gasteiger partial charge in [0.15, 0.2) is 5.13 Å². The molecule has 0 bridgehead atoms. The summed E-state index contributed by atoms with van der Waals surface area (Å²) in [6, 6.07) is 6.45. The molecular formula is C25H29N5O2S. The van der Waals surface area contributed by atoms with Crippen molar-refractivity contribution in [1.82, 2.24) is 15.3 Å². The van der Waals surface area contributed by atoms with Crippen LogP contribution in [0.25, 0.3) is 10.9 Å². The number of hydrazine groups is 1. The van der Waals surface area contributed by atoms with Gasteiger partial charge >= 0.3 is 0 Å². The Labute approximate surface area is 197 Å². The van der Waals surface area contributed by atoms with Gasteiger partial charge < -0.3 is 15.0 Å². The molecule has 0 unspecified atom stereocenters. The van der Waals surface area contributed by atoms with Gasteiger partial charge in [-0.25, -0.2) is 10.8 Å². The number of rotatable bonds is 11. The Morgan fingerprint density at radius 1 is 1.36 bits per heavy atom. The van der Waals surface area contributed by atoms with Crippen molar-refractivity contribution in [3.63, 3.8) is 0 Å². The number of anilines is 1. The van der Waals surface area contributed by atoms with Gasteiger partial charge in [-0.3, -0.25) is 9.80 Å². The zero-order valence-corrected chi connectivity index (χ0v) is 19.5. The SMILES string of the molecule is Cc1ccc2[nH]c(CC3=CC=C(OCCN(N)c4nccs4)CC=C3)c(CCNC=O)c2c1. The lowest BCUT2D eigenvalue weighted by Gasteiger charge is -2.16. The summed E-state index contributed by atoms with van der Waals surface area (Å²) in [4.78, 5) is 18.5. The summed E-state index contributed by atoms with van der Waals surface area (Å²) < 4.78 is 5.95. The maximum absolute atomic E-state index is 10.7. The molecule has 0 spiro atoms. The molecule has 0 atom stereocenters. The van der Waals surface area contributed by atoms with Gasteiger partial charge in [0.1, 0.15) is 6.61 Å². The summed E-state index contributed by atoms with van der Waals surface area (Å²) in [7, 11) is 0. The highest BCUT2D eigenvalue weighted by atomic mass is 32.1. The van der Waals surface area contributed by atoms with Gasteiger partial charge in [-0.1, -0.05) is 29.9 Å². The number of H-pyrrole nitrogens is 1. The molecule has 3 aromatic rings. The number of aromatic amines is 1. The zero-order valence-electron chi connectivity index (χ0n) is 18.7. The fraction of sp³-hybridized carbons (Fsp3) is 0.280. The molecule has 4 rings (SSSR count). The Kier molecular flexibility index (Phi) is 7.59. The number of fused-ring (bicyclic) bond motifs is 1. The van der Waals surface area contributed by atoms with Gasteiger partial charge in [0, 0.05) is 47.6 Å². The summed E-state index contributed by atoms with van der Waals surface area (Å²) in [5, 5.41) is 8.30. The number of aryl methyl sites for hydroxylation is 1. The summed E-state index contributed by atoms with van der Waals surface area (Å²) >= 11 is 1.51. The fourth-order valence-electron chi connectivity index (χ4n) is 3.92. The molecule has 1 aliphatic rings. The van der Waals surface area contributed by atoms with E-state index in [1.54, 1.807) is 11.2 Å². The van der Waals surface area contributed by atoms with Crippen LogP contribution in [-0.4, -0.2) is 36.1 Å². The standard InChI is InChI=1S/C25H29N5O2S/c1-18-5-8-23-22(15-18)21(9-10-27-17-31)24(29-23)16-19-3-2-4-20(7-6-19)32-13-12-30(26)25-28-11-14-33-25/h2-3,5-8,11,14-15,17,29H,4,9-10,12-13,16,26H2,1H3,(H,27,31). The van der Waals surface area contributed by atoms with Crippen LogP contribution in [0.2, 0.25) is 0 Å². The number of allylic oxidation sites excluding steroid dienone is 5. The van der Waals surface area contributed by atoms with Crippen molar-refractivity contribution >= 4 is 33.8 Å². The zero-order chi connectivity index (χ0) is 23.0. The highest BCUT2D eigenvalue weighted by Gasteiger charge is 2.13. The van der Waals surface area contributed by atoms with Gasteiger partial charge in [-0.05, 0) is 42.7 Å². The van der Waals surface area contributed by atoms with E-state index in [1.165, 1.54) is 39.1 Å². The van der Waals surface area contributed by atoms with Crippen molar-refractivity contribution < 1.29 is 9.53 Å². The molecule has 1 aromatic carbocycles. The van der Waals surface area contributed by atoms with Crippen molar-refractivity contribution in [2.75, 3.05) is 24.7 Å². The summed E-state index contributed by atoms with van der Waals surface area (Å²) in [5.41, 5.74) is 5.99. The molecule has 172 valence electrons. The minimum atomic E-state index is 0.494. The average molecular weight is 464 g/mol. The van der Waals surface area contributed by atoms with E-state index in [-0.39, 0.29) is 0 Å². The minimum absolute atomic E-state index is 0.494. The number of nitrogens with zero attached hydrogens (tertiary/aromatic N) is 2. The van der Waals surface area contributed by atoms with Crippen molar-refractivity contribution in [2.45, 2.75) is 26.2 Å². The highest BCUT2D eigenvalue weighted by Crippen LogP contribution is 2.27. The molecule has 0 saturated heterocycles. The average Bonchev–Trinajstić information content (AvgIpc) is 3.39. The molecule has 33 heavy (non-hydrogen) atoms. The Hall–Kier alpha value is -3.36. The Balaban J connectivity index is 1.43. The van der Waals surface area contributed by atoms with E-state index in [1.807, 2.05) is 11.5 Å². The second-order valence-corrected chi connectivity index (χ2v) is 8.84. The predicted octanol–water partition coefficient (Wildman–Crippen LogP) is 3.93. The maximum atomic E-state index is 10.7. The lowest BCUT2D eigenvalue weighted by Crippen LogP contribution is -2.34. The van der Waals surface area contributed by atoms with Crippen molar-refractivity contribution in [3.8, 4) is 0 Å². The van der Waals surface area contributed by atoms with E-state index < -0.39 is 0 Å². The van der Waals surface area contributed by atoms with E-state index >= 15 is 0 Å². The van der Waals surface area contributed by atoms with E-state index in [0.717, 1.165) is 42.1 Å². The number of nitrogens with two attached hydrogens (primary N) is 1. The highest BCUT2D eigenvalue weighted by molar-refractivity contribution is 7.13. The summed E-state index contributed by atoms with van der Waals surface area (Å²) in [6.07, 6.45) is 13.2. The second kappa shape index (κ2) is 11.0. The van der Waals surface area contributed by atoms with E-state index in [0.29, 0.717) is 19.7 Å². The fourth-order valence-corrected chi connectivity index (χ4v) is 4.51. The van der Waals surface area contributed by atoms with Gasteiger partial charge in [-0.2, -0.15) is 0 Å². The number of hydrogen-bond acceptors (Lipinski definition) is 6. The molecule has 7 nitrogen and oxygen atoms in total. The molecule has 2 heterocycles. The normalized spacial score (nSPS) is 13.4. The van der Waals surface area contributed by atoms with Crippen LogP contribution in [-0.2, 0) is 22.4 Å². The van der Waals surface area contributed by atoms with Crippen LogP contribution in [0, 0.1) is 6.92 Å². The first-order valence-corrected chi connectivity index (χ1v) is 11.9. The van der Waals surface area contributed by atoms with Crippen LogP contribution in [0.1, 0.15) is 23.2 Å². The quantitative estimate of drug-likeness (QED) is 0.173. The topological polar surface area (TPSA) is 96.3 Å². The Bertz CT molecular complexity index is 1180. The lowest BCUT2D eigenvalue weighted by molar-refractivity contribution is -0.109. The first-order chi connectivity index (χ1) is 16.1. The molecule has 2 aromatic heterocycles. The van der Waals surface area contributed by atoms with Gasteiger partial charge in [0.2, 0.25) is 6.41 Å². The molecule has 8 heteroatoms. The number of benzene rings is 1. The van der Waals surface area contributed by atoms with Crippen molar-refractivity contribution in [2.24, 2.45) is 5.84 Å². The van der Waals surface area contributed by atoms with Crippen molar-refractivity contribution in [1.29, 1.82) is 0 Å². The predicted molar refractivity (Wildman–Crippen MR) is 134 cm³/mol. The molecule has 1 aliphatic carbocycles. The van der Waals surface area contributed by atoms with Crippen LogP contribution >= 0.6 is 11.3 Å². The van der Waals surface area contributed by atoms with Crippen LogP contribution in [0.5, 0.6) is 0 Å². The van der Waals surface area contributed by atoms with Crippen molar-refractivity contribution in [3.05, 3.63) is 82.2 Å². The van der Waals surface area contributed by atoms with E-state index in [2.05, 4.69) is 58.6 Å². The Morgan fingerprint density at radius 3 is 3.09 bits per heavy atom. The molecule has 0 aliphatic heterocycles. The number of amides is 1. The Morgan fingerprint density at radius 2 is 2.27 bits per heavy atom. The number of nitrogens with one attached hydrogen (secondary N) is 2. The molecule has 0 fully saturated rings. The first kappa shape index (κ1) is 22.8. The molecule has 1 amide bonds. The summed E-state index contributed by atoms with van der Waals surface area (Å²) in [6.45, 7) is 3.78. The molecule has 4 N–H and O–H groups in total.